The van der Waals surface area contributed by atoms with Crippen LogP contribution in [0.5, 0.6) is 5.75 Å². The van der Waals surface area contributed by atoms with Crippen molar-refractivity contribution < 1.29 is 27.4 Å². The van der Waals surface area contributed by atoms with Crippen LogP contribution in [0.25, 0.3) is 0 Å². The molecule has 0 N–H and O–H groups in total. The lowest BCUT2D eigenvalue weighted by Crippen LogP contribution is -2.27. The van der Waals surface area contributed by atoms with Gasteiger partial charge >= 0.3 is 12.1 Å². The molecule has 2 rings (SSSR count). The summed E-state index contributed by atoms with van der Waals surface area (Å²) in [5, 5.41) is 0. The molecule has 1 fully saturated rings. The van der Waals surface area contributed by atoms with Gasteiger partial charge in [-0.05, 0) is 57.1 Å². The van der Waals surface area contributed by atoms with E-state index in [0.717, 1.165) is 19.3 Å². The SMILES string of the molecule is CCOC(=O)C(C)CC1CCC(Oc2cccc(Br)c2C(F)(F)F)CC1. The van der Waals surface area contributed by atoms with Crippen molar-refractivity contribution in [3.8, 4) is 5.75 Å². The molecule has 1 unspecified atom stereocenters. The standard InChI is InChI=1S/C19H24BrF3O3/c1-3-25-18(24)12(2)11-13-7-9-14(10-8-13)26-16-6-4-5-15(20)17(16)19(21,22)23/h4-6,12-14H,3,7-11H2,1-2H3. The molecule has 3 nitrogen and oxygen atoms in total. The van der Waals surface area contributed by atoms with E-state index in [1.54, 1.807) is 13.0 Å². The third kappa shape index (κ3) is 5.63. The maximum Gasteiger partial charge on any atom is 0.421 e. The number of carbonyl (C=O) groups excluding carboxylic acids is 1. The second kappa shape index (κ2) is 9.11. The molecular formula is C19H24BrF3O3. The highest BCUT2D eigenvalue weighted by atomic mass is 79.9. The van der Waals surface area contributed by atoms with E-state index in [1.807, 2.05) is 6.92 Å². The number of hydrogen-bond acceptors (Lipinski definition) is 3. The first-order valence-corrected chi connectivity index (χ1v) is 9.70. The van der Waals surface area contributed by atoms with Crippen LogP contribution in [-0.4, -0.2) is 18.7 Å². The smallest absolute Gasteiger partial charge is 0.421 e. The summed E-state index contributed by atoms with van der Waals surface area (Å²) in [6, 6.07) is 4.27. The number of rotatable bonds is 6. The Morgan fingerprint density at radius 1 is 1.27 bits per heavy atom. The van der Waals surface area contributed by atoms with Crippen LogP contribution in [0, 0.1) is 11.8 Å². The van der Waals surface area contributed by atoms with Gasteiger partial charge in [0.1, 0.15) is 11.3 Å². The van der Waals surface area contributed by atoms with Crippen LogP contribution in [0.1, 0.15) is 51.5 Å². The molecule has 0 aromatic heterocycles. The van der Waals surface area contributed by atoms with Crippen molar-refractivity contribution >= 4 is 21.9 Å². The summed E-state index contributed by atoms with van der Waals surface area (Å²) in [5.74, 6) is -0.0942. The summed E-state index contributed by atoms with van der Waals surface area (Å²) < 4.78 is 50.5. The highest BCUT2D eigenvalue weighted by molar-refractivity contribution is 9.10. The summed E-state index contributed by atoms with van der Waals surface area (Å²) in [4.78, 5) is 11.7. The molecule has 1 aromatic rings. The average molecular weight is 437 g/mol. The Balaban J connectivity index is 1.92. The second-order valence-electron chi connectivity index (χ2n) is 6.76. The molecule has 146 valence electrons. The van der Waals surface area contributed by atoms with Crippen LogP contribution < -0.4 is 4.74 Å². The van der Waals surface area contributed by atoms with Gasteiger partial charge in [0, 0.05) is 4.47 Å². The fourth-order valence-corrected chi connectivity index (χ4v) is 4.00. The van der Waals surface area contributed by atoms with Crippen molar-refractivity contribution in [3.05, 3.63) is 28.2 Å². The van der Waals surface area contributed by atoms with Gasteiger partial charge in [-0.1, -0.05) is 28.9 Å². The van der Waals surface area contributed by atoms with E-state index in [-0.39, 0.29) is 28.2 Å². The molecule has 0 saturated heterocycles. The number of carbonyl (C=O) groups is 1. The van der Waals surface area contributed by atoms with Crippen LogP contribution in [0.2, 0.25) is 0 Å². The molecule has 0 heterocycles. The molecule has 1 aliphatic carbocycles. The molecule has 0 spiro atoms. The zero-order valence-electron chi connectivity index (χ0n) is 14.9. The van der Waals surface area contributed by atoms with Crippen molar-refractivity contribution in [2.24, 2.45) is 11.8 Å². The Labute approximate surface area is 160 Å². The van der Waals surface area contributed by atoms with Crippen molar-refractivity contribution in [3.63, 3.8) is 0 Å². The summed E-state index contributed by atoms with van der Waals surface area (Å²) in [7, 11) is 0. The molecule has 1 aromatic carbocycles. The van der Waals surface area contributed by atoms with Crippen molar-refractivity contribution in [2.45, 2.75) is 58.2 Å². The van der Waals surface area contributed by atoms with Gasteiger partial charge in [0.2, 0.25) is 0 Å². The fraction of sp³-hybridized carbons (Fsp3) is 0.632. The van der Waals surface area contributed by atoms with E-state index in [2.05, 4.69) is 15.9 Å². The molecule has 7 heteroatoms. The van der Waals surface area contributed by atoms with Crippen LogP contribution in [0.15, 0.2) is 22.7 Å². The van der Waals surface area contributed by atoms with Gasteiger partial charge in [-0.25, -0.2) is 0 Å². The van der Waals surface area contributed by atoms with E-state index >= 15 is 0 Å². The minimum absolute atomic E-state index is 0.0144. The minimum atomic E-state index is -4.47. The summed E-state index contributed by atoms with van der Waals surface area (Å²) in [5.41, 5.74) is -0.766. The maximum absolute atomic E-state index is 13.3. The zero-order valence-corrected chi connectivity index (χ0v) is 16.5. The van der Waals surface area contributed by atoms with E-state index < -0.39 is 11.7 Å². The monoisotopic (exact) mass is 436 g/mol. The quantitative estimate of drug-likeness (QED) is 0.513. The highest BCUT2D eigenvalue weighted by Gasteiger charge is 2.37. The van der Waals surface area contributed by atoms with E-state index in [9.17, 15) is 18.0 Å². The number of ether oxygens (including phenoxy) is 2. The Bertz CT molecular complexity index is 611. The number of hydrogen-bond donors (Lipinski definition) is 0. The van der Waals surface area contributed by atoms with Crippen molar-refractivity contribution in [1.29, 1.82) is 0 Å². The van der Waals surface area contributed by atoms with E-state index in [1.165, 1.54) is 12.1 Å². The predicted octanol–water partition coefficient (Wildman–Crippen LogP) is 5.99. The molecule has 0 aliphatic heterocycles. The van der Waals surface area contributed by atoms with Gasteiger partial charge in [-0.2, -0.15) is 13.2 Å². The minimum Gasteiger partial charge on any atom is -0.490 e. The number of benzene rings is 1. The molecule has 26 heavy (non-hydrogen) atoms. The normalized spacial score (nSPS) is 21.9. The number of alkyl halides is 3. The Morgan fingerprint density at radius 2 is 1.92 bits per heavy atom. The third-order valence-corrected chi connectivity index (χ3v) is 5.38. The largest absolute Gasteiger partial charge is 0.490 e. The first kappa shape index (κ1) is 21.1. The van der Waals surface area contributed by atoms with Crippen LogP contribution in [0.4, 0.5) is 13.2 Å². The topological polar surface area (TPSA) is 35.5 Å². The third-order valence-electron chi connectivity index (χ3n) is 4.72. The summed E-state index contributed by atoms with van der Waals surface area (Å²) >= 11 is 2.97. The number of esters is 1. The number of halogens is 4. The molecule has 1 aliphatic rings. The lowest BCUT2D eigenvalue weighted by atomic mass is 9.82. The van der Waals surface area contributed by atoms with E-state index in [0.29, 0.717) is 25.4 Å². The van der Waals surface area contributed by atoms with Crippen molar-refractivity contribution in [2.75, 3.05) is 6.61 Å². The van der Waals surface area contributed by atoms with Gasteiger partial charge in [0.25, 0.3) is 0 Å². The zero-order chi connectivity index (χ0) is 19.3. The molecule has 1 saturated carbocycles. The van der Waals surface area contributed by atoms with Crippen LogP contribution >= 0.6 is 15.9 Å². The van der Waals surface area contributed by atoms with Crippen LogP contribution in [0.3, 0.4) is 0 Å². The van der Waals surface area contributed by atoms with Crippen LogP contribution in [-0.2, 0) is 15.7 Å². The van der Waals surface area contributed by atoms with Gasteiger partial charge in [-0.3, -0.25) is 4.79 Å². The van der Waals surface area contributed by atoms with Crippen molar-refractivity contribution in [1.82, 2.24) is 0 Å². The Morgan fingerprint density at radius 3 is 2.50 bits per heavy atom. The summed E-state index contributed by atoms with van der Waals surface area (Å²) in [6.07, 6.45) is -0.918. The van der Waals surface area contributed by atoms with E-state index in [4.69, 9.17) is 9.47 Å². The summed E-state index contributed by atoms with van der Waals surface area (Å²) in [6.45, 7) is 4.01. The first-order valence-electron chi connectivity index (χ1n) is 8.91. The van der Waals surface area contributed by atoms with Gasteiger partial charge in [0.15, 0.2) is 0 Å². The van der Waals surface area contributed by atoms with Gasteiger partial charge in [-0.15, -0.1) is 0 Å². The fourth-order valence-electron chi connectivity index (χ4n) is 3.42. The Kier molecular flexibility index (Phi) is 7.38. The first-order chi connectivity index (χ1) is 12.2. The molecule has 0 bridgehead atoms. The Hall–Kier alpha value is -1.24. The highest BCUT2D eigenvalue weighted by Crippen LogP contribution is 2.42. The molecular weight excluding hydrogens is 413 g/mol. The lowest BCUT2D eigenvalue weighted by molar-refractivity contribution is -0.148. The maximum atomic E-state index is 13.3. The average Bonchev–Trinajstić information content (AvgIpc) is 2.55. The molecule has 0 radical (unpaired) electrons. The predicted molar refractivity (Wildman–Crippen MR) is 95.9 cm³/mol. The second-order valence-corrected chi connectivity index (χ2v) is 7.61. The molecule has 0 amide bonds. The van der Waals surface area contributed by atoms with Gasteiger partial charge < -0.3 is 9.47 Å². The van der Waals surface area contributed by atoms with Gasteiger partial charge in [0.05, 0.1) is 18.6 Å². The molecule has 1 atom stereocenters. The lowest BCUT2D eigenvalue weighted by Gasteiger charge is -2.30.